The van der Waals surface area contributed by atoms with E-state index in [0.717, 1.165) is 56.2 Å². The third kappa shape index (κ3) is 3.34. The zero-order chi connectivity index (χ0) is 17.3. The Hall–Kier alpha value is -2.11. The van der Waals surface area contributed by atoms with Crippen molar-refractivity contribution in [2.45, 2.75) is 18.3 Å². The van der Waals surface area contributed by atoms with E-state index in [9.17, 15) is 4.79 Å². The van der Waals surface area contributed by atoms with E-state index in [1.54, 1.807) is 6.20 Å². The van der Waals surface area contributed by atoms with E-state index < -0.39 is 5.41 Å². The number of halogens is 1. The second kappa shape index (κ2) is 6.65. The smallest absolute Gasteiger partial charge is 0.235 e. The van der Waals surface area contributed by atoms with Crippen molar-refractivity contribution in [3.8, 4) is 0 Å². The number of aromatic nitrogens is 1. The number of benzene rings is 1. The van der Waals surface area contributed by atoms with Crippen LogP contribution >= 0.6 is 11.6 Å². The normalized spacial score (nSPS) is 18.7. The Bertz CT molecular complexity index is 768. The van der Waals surface area contributed by atoms with Crippen molar-refractivity contribution >= 4 is 29.0 Å². The van der Waals surface area contributed by atoms with Crippen LogP contribution in [0.4, 0.5) is 11.5 Å². The highest BCUT2D eigenvalue weighted by molar-refractivity contribution is 6.30. The summed E-state index contributed by atoms with van der Waals surface area (Å²) >= 11 is 6.08. The van der Waals surface area contributed by atoms with Gasteiger partial charge in [-0.3, -0.25) is 4.79 Å². The lowest BCUT2D eigenvalue weighted by atomic mass is 9.95. The van der Waals surface area contributed by atoms with Crippen LogP contribution in [0.1, 0.15) is 18.4 Å². The molecule has 1 saturated heterocycles. The predicted molar refractivity (Wildman–Crippen MR) is 98.3 cm³/mol. The average molecular weight is 358 g/mol. The van der Waals surface area contributed by atoms with Crippen LogP contribution in [0.3, 0.4) is 0 Å². The second-order valence-corrected chi connectivity index (χ2v) is 6.99. The summed E-state index contributed by atoms with van der Waals surface area (Å²) in [5, 5.41) is 3.67. The molecule has 1 aliphatic carbocycles. The molecule has 1 saturated carbocycles. The van der Waals surface area contributed by atoms with Crippen molar-refractivity contribution in [2.75, 3.05) is 36.5 Å². The minimum atomic E-state index is -0.451. The van der Waals surface area contributed by atoms with E-state index in [1.807, 2.05) is 36.4 Å². The molecule has 0 bridgehead atoms. The summed E-state index contributed by atoms with van der Waals surface area (Å²) < 4.78 is 5.36. The number of hydrogen-bond donors (Lipinski definition) is 1. The molecule has 0 unspecified atom stereocenters. The van der Waals surface area contributed by atoms with Crippen molar-refractivity contribution < 1.29 is 9.53 Å². The summed E-state index contributed by atoms with van der Waals surface area (Å²) in [6, 6.07) is 11.4. The second-order valence-electron chi connectivity index (χ2n) is 6.55. The number of rotatable bonds is 4. The van der Waals surface area contributed by atoms with Crippen LogP contribution in [0.2, 0.25) is 5.02 Å². The summed E-state index contributed by atoms with van der Waals surface area (Å²) in [5.74, 6) is 0.924. The van der Waals surface area contributed by atoms with E-state index in [1.165, 1.54) is 0 Å². The first-order valence-electron chi connectivity index (χ1n) is 8.54. The van der Waals surface area contributed by atoms with Gasteiger partial charge in [0.15, 0.2) is 0 Å². The number of hydrogen-bond acceptors (Lipinski definition) is 4. The number of ether oxygens (including phenoxy) is 1. The zero-order valence-corrected chi connectivity index (χ0v) is 14.6. The van der Waals surface area contributed by atoms with Crippen molar-refractivity contribution in [1.29, 1.82) is 0 Å². The monoisotopic (exact) mass is 357 g/mol. The van der Waals surface area contributed by atoms with Crippen LogP contribution in [-0.2, 0) is 14.9 Å². The summed E-state index contributed by atoms with van der Waals surface area (Å²) in [7, 11) is 0. The van der Waals surface area contributed by atoms with Crippen LogP contribution in [0, 0.1) is 0 Å². The van der Waals surface area contributed by atoms with Crippen molar-refractivity contribution in [1.82, 2.24) is 4.98 Å². The molecule has 1 amide bonds. The van der Waals surface area contributed by atoms with E-state index in [2.05, 4.69) is 15.2 Å². The molecule has 0 spiro atoms. The van der Waals surface area contributed by atoms with Gasteiger partial charge in [-0.15, -0.1) is 0 Å². The standard InChI is InChI=1S/C19H20ClN3O2/c20-15-3-1-2-14(12-15)19(6-7-19)18(24)22-16-4-5-17(21-13-16)23-8-10-25-11-9-23/h1-5,12-13H,6-11H2,(H,22,24). The molecule has 5 nitrogen and oxygen atoms in total. The fourth-order valence-electron chi connectivity index (χ4n) is 3.25. The number of nitrogens with one attached hydrogen (secondary N) is 1. The van der Waals surface area contributed by atoms with Crippen LogP contribution in [0.15, 0.2) is 42.6 Å². The molecule has 1 aromatic carbocycles. The van der Waals surface area contributed by atoms with Gasteiger partial charge in [0, 0.05) is 18.1 Å². The van der Waals surface area contributed by atoms with Gasteiger partial charge in [-0.25, -0.2) is 4.98 Å². The van der Waals surface area contributed by atoms with Crippen LogP contribution in [0.5, 0.6) is 0 Å². The fraction of sp³-hybridized carbons (Fsp3) is 0.368. The van der Waals surface area contributed by atoms with Gasteiger partial charge in [-0.05, 0) is 42.7 Å². The lowest BCUT2D eigenvalue weighted by molar-refractivity contribution is -0.118. The first-order chi connectivity index (χ1) is 12.2. The number of carbonyl (C=O) groups is 1. The number of nitrogens with zero attached hydrogens (tertiary/aromatic N) is 2. The van der Waals surface area contributed by atoms with Gasteiger partial charge in [-0.1, -0.05) is 23.7 Å². The Morgan fingerprint density at radius 2 is 2.00 bits per heavy atom. The van der Waals surface area contributed by atoms with Gasteiger partial charge in [0.05, 0.1) is 30.5 Å². The lowest BCUT2D eigenvalue weighted by Gasteiger charge is -2.27. The Morgan fingerprint density at radius 1 is 1.20 bits per heavy atom. The van der Waals surface area contributed by atoms with Crippen molar-refractivity contribution in [3.63, 3.8) is 0 Å². The topological polar surface area (TPSA) is 54.5 Å². The lowest BCUT2D eigenvalue weighted by Crippen LogP contribution is -2.36. The molecule has 25 heavy (non-hydrogen) atoms. The van der Waals surface area contributed by atoms with E-state index in [4.69, 9.17) is 16.3 Å². The van der Waals surface area contributed by atoms with Gasteiger partial charge < -0.3 is 15.0 Å². The number of anilines is 2. The molecule has 2 fully saturated rings. The third-order valence-electron chi connectivity index (χ3n) is 4.90. The highest BCUT2D eigenvalue weighted by atomic mass is 35.5. The van der Waals surface area contributed by atoms with Gasteiger partial charge in [-0.2, -0.15) is 0 Å². The summed E-state index contributed by atoms with van der Waals surface area (Å²) in [5.41, 5.74) is 1.25. The molecule has 2 aliphatic rings. The Kier molecular flexibility index (Phi) is 4.36. The van der Waals surface area contributed by atoms with E-state index in [-0.39, 0.29) is 5.91 Å². The van der Waals surface area contributed by atoms with Crippen molar-refractivity contribution in [3.05, 3.63) is 53.2 Å². The minimum absolute atomic E-state index is 0.00990. The van der Waals surface area contributed by atoms with E-state index >= 15 is 0 Å². The SMILES string of the molecule is O=C(Nc1ccc(N2CCOCC2)nc1)C1(c2cccc(Cl)c2)CC1. The highest BCUT2D eigenvalue weighted by Crippen LogP contribution is 2.49. The molecule has 1 N–H and O–H groups in total. The largest absolute Gasteiger partial charge is 0.378 e. The maximum absolute atomic E-state index is 12.8. The molecule has 1 aromatic heterocycles. The van der Waals surface area contributed by atoms with E-state index in [0.29, 0.717) is 5.02 Å². The zero-order valence-electron chi connectivity index (χ0n) is 13.9. The summed E-state index contributed by atoms with van der Waals surface area (Å²) in [6.07, 6.45) is 3.41. The maximum Gasteiger partial charge on any atom is 0.235 e. The van der Waals surface area contributed by atoms with Gasteiger partial charge in [0.1, 0.15) is 5.82 Å². The molecule has 0 atom stereocenters. The average Bonchev–Trinajstić information content (AvgIpc) is 3.45. The minimum Gasteiger partial charge on any atom is -0.378 e. The molecule has 0 radical (unpaired) electrons. The Morgan fingerprint density at radius 3 is 2.64 bits per heavy atom. The van der Waals surface area contributed by atoms with Gasteiger partial charge in [0.25, 0.3) is 0 Å². The first-order valence-corrected chi connectivity index (χ1v) is 8.91. The molecule has 130 valence electrons. The predicted octanol–water partition coefficient (Wildman–Crippen LogP) is 3.24. The molecule has 2 heterocycles. The van der Waals surface area contributed by atoms with Crippen LogP contribution in [-0.4, -0.2) is 37.2 Å². The Labute approximate surface area is 152 Å². The number of carbonyl (C=O) groups excluding carboxylic acids is 1. The first kappa shape index (κ1) is 16.4. The Balaban J connectivity index is 1.46. The van der Waals surface area contributed by atoms with Gasteiger partial charge >= 0.3 is 0 Å². The molecule has 1 aliphatic heterocycles. The number of morpholine rings is 1. The molecular weight excluding hydrogens is 338 g/mol. The van der Waals surface area contributed by atoms with Crippen LogP contribution < -0.4 is 10.2 Å². The third-order valence-corrected chi connectivity index (χ3v) is 5.14. The summed E-state index contributed by atoms with van der Waals surface area (Å²) in [4.78, 5) is 19.4. The maximum atomic E-state index is 12.8. The van der Waals surface area contributed by atoms with Crippen molar-refractivity contribution in [2.24, 2.45) is 0 Å². The summed E-state index contributed by atoms with van der Waals surface area (Å²) in [6.45, 7) is 3.14. The molecule has 4 rings (SSSR count). The van der Waals surface area contributed by atoms with Crippen LogP contribution in [0.25, 0.3) is 0 Å². The fourth-order valence-corrected chi connectivity index (χ4v) is 3.44. The molecular formula is C19H20ClN3O2. The number of amides is 1. The molecule has 2 aromatic rings. The quantitative estimate of drug-likeness (QED) is 0.912. The van der Waals surface area contributed by atoms with Gasteiger partial charge in [0.2, 0.25) is 5.91 Å². The molecule has 6 heteroatoms. The highest BCUT2D eigenvalue weighted by Gasteiger charge is 2.51. The number of pyridine rings is 1.